The Kier molecular flexibility index (Phi) is 6.17. The predicted molar refractivity (Wildman–Crippen MR) is 109 cm³/mol. The van der Waals surface area contributed by atoms with Crippen LogP contribution in [0.25, 0.3) is 0 Å². The van der Waals surface area contributed by atoms with Crippen molar-refractivity contribution in [3.05, 3.63) is 47.3 Å². The lowest BCUT2D eigenvalue weighted by molar-refractivity contribution is -0.118. The average molecular weight is 422 g/mol. The lowest BCUT2D eigenvalue weighted by Crippen LogP contribution is -2.46. The number of nitrogens with one attached hydrogen (secondary N) is 3. The van der Waals surface area contributed by atoms with Crippen LogP contribution in [0.2, 0.25) is 0 Å². The van der Waals surface area contributed by atoms with Gasteiger partial charge in [-0.3, -0.25) is 9.59 Å². The van der Waals surface area contributed by atoms with Gasteiger partial charge in [0, 0.05) is 17.3 Å². The average Bonchev–Trinajstić information content (AvgIpc) is 3.27. The number of hydrogen-bond donors (Lipinski definition) is 3. The van der Waals surface area contributed by atoms with Crippen LogP contribution in [0, 0.1) is 5.92 Å². The highest BCUT2D eigenvalue weighted by atomic mass is 32.2. The summed E-state index contributed by atoms with van der Waals surface area (Å²) in [5, 5.41) is 7.27. The van der Waals surface area contributed by atoms with Crippen molar-refractivity contribution in [1.29, 1.82) is 0 Å². The first-order chi connectivity index (χ1) is 13.3. The van der Waals surface area contributed by atoms with Crippen molar-refractivity contribution in [3.63, 3.8) is 0 Å². The number of hydrogen-bond acceptors (Lipinski definition) is 5. The Morgan fingerprint density at radius 1 is 1.14 bits per heavy atom. The molecule has 1 aromatic carbocycles. The van der Waals surface area contributed by atoms with Crippen LogP contribution in [0.4, 0.5) is 5.69 Å². The summed E-state index contributed by atoms with van der Waals surface area (Å²) in [6, 6.07) is 9.02. The van der Waals surface area contributed by atoms with Crippen LogP contribution in [0.1, 0.15) is 37.0 Å². The van der Waals surface area contributed by atoms with E-state index < -0.39 is 22.0 Å². The van der Waals surface area contributed by atoms with Crippen molar-refractivity contribution in [2.45, 2.75) is 43.0 Å². The van der Waals surface area contributed by atoms with Gasteiger partial charge in [0.15, 0.2) is 0 Å². The van der Waals surface area contributed by atoms with Gasteiger partial charge in [0.25, 0.3) is 15.9 Å². The first kappa shape index (κ1) is 20.5. The molecule has 0 aliphatic heterocycles. The van der Waals surface area contributed by atoms with E-state index in [-0.39, 0.29) is 22.1 Å². The standard InChI is InChI=1S/C19H23N3O4S2/c1-12(2)17(22-28(25,26)16-7-4-10-27-16)19(24)21-15-6-3-5-13(11-15)18(23)20-14-8-9-14/h3-7,10-12,14,17,22H,8-9H2,1-2H3,(H,20,23)(H,21,24). The molecule has 3 N–H and O–H groups in total. The molecule has 7 nitrogen and oxygen atoms in total. The molecule has 0 saturated heterocycles. The van der Waals surface area contributed by atoms with Gasteiger partial charge < -0.3 is 10.6 Å². The first-order valence-corrected chi connectivity index (χ1v) is 11.4. The van der Waals surface area contributed by atoms with Gasteiger partial charge in [0.2, 0.25) is 5.91 Å². The fraction of sp³-hybridized carbons (Fsp3) is 0.368. The molecule has 2 amide bonds. The SMILES string of the molecule is CC(C)C(NS(=O)(=O)c1cccs1)C(=O)Nc1cccc(C(=O)NC2CC2)c1. The zero-order chi connectivity index (χ0) is 20.3. The van der Waals surface area contributed by atoms with Gasteiger partial charge in [-0.2, -0.15) is 4.72 Å². The number of sulfonamides is 1. The zero-order valence-corrected chi connectivity index (χ0v) is 17.3. The molecule has 0 spiro atoms. The van der Waals surface area contributed by atoms with E-state index in [0.29, 0.717) is 11.3 Å². The monoisotopic (exact) mass is 421 g/mol. The highest BCUT2D eigenvalue weighted by Crippen LogP contribution is 2.21. The van der Waals surface area contributed by atoms with Crippen LogP contribution in [-0.4, -0.2) is 32.3 Å². The smallest absolute Gasteiger partial charge is 0.251 e. The van der Waals surface area contributed by atoms with Gasteiger partial charge in [-0.25, -0.2) is 8.42 Å². The minimum Gasteiger partial charge on any atom is -0.349 e. The summed E-state index contributed by atoms with van der Waals surface area (Å²) >= 11 is 1.09. The van der Waals surface area contributed by atoms with Gasteiger partial charge in [-0.15, -0.1) is 11.3 Å². The number of anilines is 1. The van der Waals surface area contributed by atoms with Crippen molar-refractivity contribution < 1.29 is 18.0 Å². The van der Waals surface area contributed by atoms with Gasteiger partial charge in [0.1, 0.15) is 10.3 Å². The van der Waals surface area contributed by atoms with Crippen molar-refractivity contribution in [3.8, 4) is 0 Å². The molecule has 1 saturated carbocycles. The predicted octanol–water partition coefficient (Wildman–Crippen LogP) is 2.58. The summed E-state index contributed by atoms with van der Waals surface area (Å²) < 4.78 is 27.6. The molecule has 1 aliphatic rings. The second-order valence-electron chi connectivity index (χ2n) is 7.09. The Hall–Kier alpha value is -2.23. The molecule has 1 heterocycles. The highest BCUT2D eigenvalue weighted by molar-refractivity contribution is 7.91. The Labute approximate surface area is 168 Å². The second kappa shape index (κ2) is 8.42. The number of carbonyl (C=O) groups is 2. The van der Waals surface area contributed by atoms with E-state index in [2.05, 4.69) is 15.4 Å². The van der Waals surface area contributed by atoms with Crippen molar-refractivity contribution >= 4 is 38.9 Å². The third-order valence-electron chi connectivity index (χ3n) is 4.30. The van der Waals surface area contributed by atoms with E-state index >= 15 is 0 Å². The molecule has 1 aromatic heterocycles. The van der Waals surface area contributed by atoms with Gasteiger partial charge in [-0.1, -0.05) is 26.0 Å². The summed E-state index contributed by atoms with van der Waals surface area (Å²) in [6.07, 6.45) is 1.98. The molecule has 3 rings (SSSR count). The molecule has 28 heavy (non-hydrogen) atoms. The maximum absolute atomic E-state index is 12.7. The normalized spacial score (nSPS) is 15.2. The van der Waals surface area contributed by atoms with E-state index in [4.69, 9.17) is 0 Å². The number of carbonyl (C=O) groups excluding carboxylic acids is 2. The second-order valence-corrected chi connectivity index (χ2v) is 9.98. The van der Waals surface area contributed by atoms with Crippen LogP contribution >= 0.6 is 11.3 Å². The van der Waals surface area contributed by atoms with Gasteiger partial charge >= 0.3 is 0 Å². The largest absolute Gasteiger partial charge is 0.349 e. The molecule has 2 aromatic rings. The number of thiophene rings is 1. The maximum Gasteiger partial charge on any atom is 0.251 e. The van der Waals surface area contributed by atoms with Gasteiger partial charge in [-0.05, 0) is 48.4 Å². The van der Waals surface area contributed by atoms with E-state index in [0.717, 1.165) is 24.2 Å². The van der Waals surface area contributed by atoms with Crippen LogP contribution in [0.15, 0.2) is 46.0 Å². The summed E-state index contributed by atoms with van der Waals surface area (Å²) in [5.41, 5.74) is 0.888. The molecule has 0 radical (unpaired) electrons. The molecule has 1 atom stereocenters. The van der Waals surface area contributed by atoms with Gasteiger partial charge in [0.05, 0.1) is 0 Å². The molecule has 1 aliphatic carbocycles. The van der Waals surface area contributed by atoms with Crippen LogP contribution < -0.4 is 15.4 Å². The molecule has 9 heteroatoms. The molecule has 0 bridgehead atoms. The van der Waals surface area contributed by atoms with Crippen LogP contribution in [0.3, 0.4) is 0 Å². The summed E-state index contributed by atoms with van der Waals surface area (Å²) in [7, 11) is -3.78. The molecular weight excluding hydrogens is 398 g/mol. The fourth-order valence-electron chi connectivity index (χ4n) is 2.59. The summed E-state index contributed by atoms with van der Waals surface area (Å²) in [5.74, 6) is -0.927. The number of rotatable bonds is 8. The van der Waals surface area contributed by atoms with Crippen molar-refractivity contribution in [2.75, 3.05) is 5.32 Å². The van der Waals surface area contributed by atoms with E-state index in [1.54, 1.807) is 49.6 Å². The Morgan fingerprint density at radius 2 is 1.89 bits per heavy atom. The highest BCUT2D eigenvalue weighted by Gasteiger charge is 2.29. The van der Waals surface area contributed by atoms with E-state index in [9.17, 15) is 18.0 Å². The first-order valence-electron chi connectivity index (χ1n) is 9.04. The molecule has 1 fully saturated rings. The number of benzene rings is 1. The minimum atomic E-state index is -3.78. The quantitative estimate of drug-likeness (QED) is 0.609. The maximum atomic E-state index is 12.7. The number of amides is 2. The van der Waals surface area contributed by atoms with E-state index in [1.165, 1.54) is 6.07 Å². The third-order valence-corrected chi connectivity index (χ3v) is 7.13. The Balaban J connectivity index is 1.71. The van der Waals surface area contributed by atoms with Crippen LogP contribution in [-0.2, 0) is 14.8 Å². The zero-order valence-electron chi connectivity index (χ0n) is 15.6. The van der Waals surface area contributed by atoms with E-state index in [1.807, 2.05) is 0 Å². The van der Waals surface area contributed by atoms with Crippen molar-refractivity contribution in [1.82, 2.24) is 10.0 Å². The molecular formula is C19H23N3O4S2. The molecule has 1 unspecified atom stereocenters. The Morgan fingerprint density at radius 3 is 2.50 bits per heavy atom. The lowest BCUT2D eigenvalue weighted by atomic mass is 10.0. The lowest BCUT2D eigenvalue weighted by Gasteiger charge is -2.21. The summed E-state index contributed by atoms with van der Waals surface area (Å²) in [6.45, 7) is 3.53. The third kappa shape index (κ3) is 5.18. The Bertz CT molecular complexity index is 951. The van der Waals surface area contributed by atoms with Crippen molar-refractivity contribution in [2.24, 2.45) is 5.92 Å². The topological polar surface area (TPSA) is 104 Å². The van der Waals surface area contributed by atoms with Crippen LogP contribution in [0.5, 0.6) is 0 Å². The minimum absolute atomic E-state index is 0.157. The summed E-state index contributed by atoms with van der Waals surface area (Å²) in [4.78, 5) is 24.9. The molecule has 150 valence electrons. The fourth-order valence-corrected chi connectivity index (χ4v) is 4.94.